The smallest absolute Gasteiger partial charge is 0.272 e. The van der Waals surface area contributed by atoms with Gasteiger partial charge >= 0.3 is 0 Å². The topological polar surface area (TPSA) is 166 Å². The fraction of sp³-hybridized carbons (Fsp3) is 0.352. The van der Waals surface area contributed by atoms with Gasteiger partial charge in [-0.2, -0.15) is 0 Å². The number of piperidine rings is 1. The summed E-state index contributed by atoms with van der Waals surface area (Å²) in [6, 6.07) is 25.6. The lowest BCUT2D eigenvalue weighted by atomic mass is 9.86. The monoisotopic (exact) mass is 916 g/mol. The zero-order chi connectivity index (χ0) is 48.3. The largest absolute Gasteiger partial charge is 0.384 e. The zero-order valence-corrected chi connectivity index (χ0v) is 39.6. The van der Waals surface area contributed by atoms with Gasteiger partial charge < -0.3 is 20.1 Å². The molecule has 3 aliphatic rings. The van der Waals surface area contributed by atoms with Crippen molar-refractivity contribution in [3.05, 3.63) is 153 Å². The highest BCUT2D eigenvalue weighted by Gasteiger charge is 2.42. The van der Waals surface area contributed by atoms with Crippen LogP contribution in [0.1, 0.15) is 112 Å². The Hall–Kier alpha value is -7.19. The molecule has 0 spiro atoms. The first-order valence-corrected chi connectivity index (χ1v) is 23.5. The van der Waals surface area contributed by atoms with Crippen molar-refractivity contribution in [2.24, 2.45) is 7.05 Å². The number of piperazine rings is 1. The van der Waals surface area contributed by atoms with E-state index in [-0.39, 0.29) is 47.4 Å². The second-order valence-corrected chi connectivity index (χ2v) is 19.1. The molecule has 3 aliphatic heterocycles. The van der Waals surface area contributed by atoms with Crippen molar-refractivity contribution in [3.63, 3.8) is 0 Å². The van der Waals surface area contributed by atoms with E-state index in [9.17, 15) is 28.8 Å². The number of hydrogen-bond donors (Lipinski definition) is 3. The second kappa shape index (κ2) is 20.0. The zero-order valence-electron chi connectivity index (χ0n) is 39.6. The number of hydrogen-bond acceptors (Lipinski definition) is 9. The SMILES string of the molecule is C=C1c2cccc(NCCCCCN3CCN(C(=O)c4ccc(Cc5nc(-c6cccc(NC(=O)c7ccc(C(C)(C)C)cc7)c6C)cn(C)c5=O)cc4)CC3)c2C(=O)N1C1CCC(=O)NC1=O. The summed E-state index contributed by atoms with van der Waals surface area (Å²) < 4.78 is 1.54. The summed E-state index contributed by atoms with van der Waals surface area (Å²) in [5.41, 5.74) is 8.65. The predicted octanol–water partition coefficient (Wildman–Crippen LogP) is 7.17. The van der Waals surface area contributed by atoms with Crippen molar-refractivity contribution in [2.75, 3.05) is 49.9 Å². The van der Waals surface area contributed by atoms with Crippen LogP contribution in [0.2, 0.25) is 0 Å². The van der Waals surface area contributed by atoms with Gasteiger partial charge in [0.25, 0.3) is 23.3 Å². The molecular weight excluding hydrogens is 857 g/mol. The fourth-order valence-electron chi connectivity index (χ4n) is 9.25. The van der Waals surface area contributed by atoms with Crippen LogP contribution in [0.3, 0.4) is 0 Å². The highest BCUT2D eigenvalue weighted by molar-refractivity contribution is 6.15. The van der Waals surface area contributed by atoms with Crippen LogP contribution in [0.15, 0.2) is 102 Å². The second-order valence-electron chi connectivity index (χ2n) is 19.1. The van der Waals surface area contributed by atoms with E-state index in [1.807, 2.05) is 96.8 Å². The first-order valence-electron chi connectivity index (χ1n) is 23.5. The Morgan fingerprint density at radius 1 is 0.824 bits per heavy atom. The number of benzene rings is 4. The average Bonchev–Trinajstić information content (AvgIpc) is 3.58. The molecular formula is C54H60N8O6. The van der Waals surface area contributed by atoms with Crippen LogP contribution in [-0.2, 0) is 28.5 Å². The summed E-state index contributed by atoms with van der Waals surface area (Å²) in [4.78, 5) is 88.5. The van der Waals surface area contributed by atoms with Gasteiger partial charge in [-0.3, -0.25) is 43.9 Å². The number of imide groups is 1. The Morgan fingerprint density at radius 3 is 2.19 bits per heavy atom. The van der Waals surface area contributed by atoms with Gasteiger partial charge in [-0.15, -0.1) is 0 Å². The van der Waals surface area contributed by atoms with Gasteiger partial charge in [0.2, 0.25) is 11.8 Å². The highest BCUT2D eigenvalue weighted by Crippen LogP contribution is 2.39. The maximum Gasteiger partial charge on any atom is 0.272 e. The normalized spacial score (nSPS) is 16.5. The number of rotatable bonds is 14. The molecule has 0 aliphatic carbocycles. The lowest BCUT2D eigenvalue weighted by Gasteiger charge is -2.34. The number of unbranched alkanes of at least 4 members (excludes halogenated alkanes) is 2. The molecule has 0 saturated carbocycles. The van der Waals surface area contributed by atoms with Crippen molar-refractivity contribution in [2.45, 2.75) is 77.7 Å². The van der Waals surface area contributed by atoms with Crippen LogP contribution in [0.25, 0.3) is 17.0 Å². The predicted molar refractivity (Wildman–Crippen MR) is 264 cm³/mol. The summed E-state index contributed by atoms with van der Waals surface area (Å²) in [7, 11) is 1.71. The van der Waals surface area contributed by atoms with Crippen LogP contribution in [-0.4, -0.2) is 99.1 Å². The van der Waals surface area contributed by atoms with Gasteiger partial charge in [0, 0.05) is 98.1 Å². The number of aryl methyl sites for hydroxylation is 1. The number of nitrogens with one attached hydrogen (secondary N) is 3. The van der Waals surface area contributed by atoms with Crippen LogP contribution < -0.4 is 21.5 Å². The van der Waals surface area contributed by atoms with E-state index in [2.05, 4.69) is 48.2 Å². The molecule has 4 heterocycles. The van der Waals surface area contributed by atoms with E-state index in [1.165, 1.54) is 9.47 Å². The van der Waals surface area contributed by atoms with Crippen molar-refractivity contribution < 1.29 is 24.0 Å². The number of carbonyl (C=O) groups excluding carboxylic acids is 5. The van der Waals surface area contributed by atoms with Gasteiger partial charge in [-0.05, 0) is 91.2 Å². The number of carbonyl (C=O) groups is 5. The average molecular weight is 917 g/mol. The van der Waals surface area contributed by atoms with Crippen molar-refractivity contribution in [1.82, 2.24) is 29.6 Å². The molecule has 2 saturated heterocycles. The molecule has 2 fully saturated rings. The first kappa shape index (κ1) is 47.3. The van der Waals surface area contributed by atoms with Crippen LogP contribution in [0.5, 0.6) is 0 Å². The van der Waals surface area contributed by atoms with E-state index in [1.54, 1.807) is 13.2 Å². The lowest BCUT2D eigenvalue weighted by Crippen LogP contribution is -2.52. The van der Waals surface area contributed by atoms with Crippen molar-refractivity contribution >= 4 is 46.6 Å². The number of anilines is 2. The molecule has 1 atom stereocenters. The van der Waals surface area contributed by atoms with E-state index in [0.29, 0.717) is 76.8 Å². The Morgan fingerprint density at radius 2 is 1.50 bits per heavy atom. The summed E-state index contributed by atoms with van der Waals surface area (Å²) in [5.74, 6) is -1.30. The van der Waals surface area contributed by atoms with E-state index < -0.39 is 11.9 Å². The minimum absolute atomic E-state index is 0.0158. The first-order chi connectivity index (χ1) is 32.6. The van der Waals surface area contributed by atoms with E-state index in [4.69, 9.17) is 4.98 Å². The quantitative estimate of drug-likeness (QED) is 0.0774. The molecule has 3 N–H and O–H groups in total. The molecule has 8 rings (SSSR count). The van der Waals surface area contributed by atoms with Gasteiger partial charge in [-0.25, -0.2) is 4.98 Å². The summed E-state index contributed by atoms with van der Waals surface area (Å²) in [6.45, 7) is 16.9. The molecule has 1 aromatic heterocycles. The minimum Gasteiger partial charge on any atom is -0.384 e. The molecule has 0 bridgehead atoms. The summed E-state index contributed by atoms with van der Waals surface area (Å²) in [6.07, 6.45) is 5.35. The molecule has 4 aromatic carbocycles. The molecule has 1 unspecified atom stereocenters. The number of fused-ring (bicyclic) bond motifs is 1. The number of nitrogens with zero attached hydrogens (tertiary/aromatic N) is 5. The third-order valence-corrected chi connectivity index (χ3v) is 13.3. The molecule has 352 valence electrons. The number of aromatic nitrogens is 2. The minimum atomic E-state index is -0.757. The standard InChI is InChI=1S/C54H60N8O6/c1-34-40(12-10-14-42(34)57-49(64)37-20-22-39(23-21-37)54(3,4)5)45-33-59(6)52(67)44(56-45)32-36-16-18-38(19-17-36)51(66)61-30-28-60(29-31-61)27-9-7-8-26-55-43-15-11-13-41-35(2)62(53(68)48(41)43)46-24-25-47(63)58-50(46)65/h10-23,33,46,55H,2,7-9,24-32H2,1,3-6H3,(H,57,64)(H,58,63,65). The molecule has 14 heteroatoms. The summed E-state index contributed by atoms with van der Waals surface area (Å²) >= 11 is 0. The Labute approximate surface area is 397 Å². The van der Waals surface area contributed by atoms with Crippen molar-refractivity contribution in [3.8, 4) is 11.3 Å². The molecule has 0 radical (unpaired) electrons. The van der Waals surface area contributed by atoms with Crippen LogP contribution >= 0.6 is 0 Å². The fourth-order valence-corrected chi connectivity index (χ4v) is 9.25. The molecule has 68 heavy (non-hydrogen) atoms. The van der Waals surface area contributed by atoms with Crippen LogP contribution in [0.4, 0.5) is 11.4 Å². The van der Waals surface area contributed by atoms with E-state index in [0.717, 1.165) is 61.2 Å². The lowest BCUT2D eigenvalue weighted by molar-refractivity contribution is -0.136. The Balaban J connectivity index is 0.792. The van der Waals surface area contributed by atoms with Gasteiger partial charge in [-0.1, -0.05) is 82.3 Å². The Bertz CT molecular complexity index is 2840. The maximum atomic E-state index is 13.6. The van der Waals surface area contributed by atoms with E-state index >= 15 is 0 Å². The third kappa shape index (κ3) is 10.2. The maximum absolute atomic E-state index is 13.6. The molecule has 5 amide bonds. The van der Waals surface area contributed by atoms with Crippen LogP contribution in [0, 0.1) is 6.92 Å². The van der Waals surface area contributed by atoms with Gasteiger partial charge in [0.05, 0.1) is 11.3 Å². The van der Waals surface area contributed by atoms with Gasteiger partial charge in [0.15, 0.2) is 0 Å². The Kier molecular flexibility index (Phi) is 13.9. The number of amides is 5. The summed E-state index contributed by atoms with van der Waals surface area (Å²) in [5, 5.41) is 8.82. The third-order valence-electron chi connectivity index (χ3n) is 13.3. The van der Waals surface area contributed by atoms with Gasteiger partial charge in [0.1, 0.15) is 11.7 Å². The van der Waals surface area contributed by atoms with Crippen molar-refractivity contribution in [1.29, 1.82) is 0 Å². The molecule has 14 nitrogen and oxygen atoms in total. The highest BCUT2D eigenvalue weighted by atomic mass is 16.2. The molecule has 5 aromatic rings.